The number of carbonyl (C=O) groups excluding carboxylic acids is 1. The molecule has 1 heterocycles. The second kappa shape index (κ2) is 8.16. The largest absolute Gasteiger partial charge is 0.481 e. The molecule has 1 unspecified atom stereocenters. The second-order valence-corrected chi connectivity index (χ2v) is 6.74. The van der Waals surface area contributed by atoms with Crippen LogP contribution in [0, 0.1) is 0 Å². The molecule has 19 heavy (non-hydrogen) atoms. The Morgan fingerprint density at radius 3 is 2.79 bits per heavy atom. The van der Waals surface area contributed by atoms with Crippen molar-refractivity contribution in [1.29, 1.82) is 0 Å². The number of urea groups is 1. The van der Waals surface area contributed by atoms with Gasteiger partial charge in [-0.1, -0.05) is 0 Å². The average molecular weight is 349 g/mol. The van der Waals surface area contributed by atoms with Crippen LogP contribution in [0.4, 0.5) is 4.79 Å². The lowest BCUT2D eigenvalue weighted by atomic mass is 10.2. The molecule has 7 heteroatoms. The summed E-state index contributed by atoms with van der Waals surface area (Å²) in [6, 6.07) is 3.60. The van der Waals surface area contributed by atoms with Gasteiger partial charge < -0.3 is 15.7 Å². The predicted octanol–water partition coefficient (Wildman–Crippen LogP) is 2.61. The lowest BCUT2D eigenvalue weighted by Crippen LogP contribution is -2.41. The molecule has 106 valence electrons. The molecule has 1 atom stereocenters. The van der Waals surface area contributed by atoms with Crippen molar-refractivity contribution in [1.82, 2.24) is 10.6 Å². The zero-order valence-corrected chi connectivity index (χ0v) is 13.0. The first kappa shape index (κ1) is 16.0. The number of carboxylic acid groups (broad SMARTS) is 1. The molecule has 1 rings (SSSR count). The molecule has 0 saturated carbocycles. The van der Waals surface area contributed by atoms with Crippen molar-refractivity contribution in [3.8, 4) is 0 Å². The number of halogens is 1. The van der Waals surface area contributed by atoms with E-state index in [1.54, 1.807) is 18.3 Å². The summed E-state index contributed by atoms with van der Waals surface area (Å²) < 4.78 is 1.08. The highest BCUT2D eigenvalue weighted by Gasteiger charge is 2.08. The number of hydrogen-bond donors (Lipinski definition) is 3. The third-order valence-electron chi connectivity index (χ3n) is 2.45. The number of carboxylic acids is 1. The summed E-state index contributed by atoms with van der Waals surface area (Å²) in [5.41, 5.74) is 0. The van der Waals surface area contributed by atoms with Crippen molar-refractivity contribution in [3.05, 3.63) is 20.8 Å². The molecule has 2 amide bonds. The summed E-state index contributed by atoms with van der Waals surface area (Å²) >= 11 is 5.03. The van der Waals surface area contributed by atoms with Crippen LogP contribution in [0.3, 0.4) is 0 Å². The zero-order valence-electron chi connectivity index (χ0n) is 10.6. The number of carbonyl (C=O) groups is 2. The maximum atomic E-state index is 11.5. The highest BCUT2D eigenvalue weighted by molar-refractivity contribution is 9.11. The average Bonchev–Trinajstić information content (AvgIpc) is 2.72. The van der Waals surface area contributed by atoms with Crippen LogP contribution in [0.5, 0.6) is 0 Å². The van der Waals surface area contributed by atoms with Gasteiger partial charge in [0.1, 0.15) is 0 Å². The van der Waals surface area contributed by atoms with Crippen LogP contribution < -0.4 is 10.6 Å². The van der Waals surface area contributed by atoms with E-state index in [0.29, 0.717) is 13.0 Å². The fraction of sp³-hybridized carbons (Fsp3) is 0.500. The SMILES string of the molecule is CC(CCC(=O)O)NC(=O)NCCc1ccc(Br)s1. The fourth-order valence-corrected chi connectivity index (χ4v) is 2.95. The minimum Gasteiger partial charge on any atom is -0.481 e. The van der Waals surface area contributed by atoms with E-state index in [-0.39, 0.29) is 18.5 Å². The van der Waals surface area contributed by atoms with Crippen LogP contribution in [-0.2, 0) is 11.2 Å². The van der Waals surface area contributed by atoms with Gasteiger partial charge in [0.15, 0.2) is 0 Å². The molecule has 0 bridgehead atoms. The first-order valence-corrected chi connectivity index (χ1v) is 7.58. The Hall–Kier alpha value is -1.08. The van der Waals surface area contributed by atoms with E-state index in [1.807, 2.05) is 12.1 Å². The summed E-state index contributed by atoms with van der Waals surface area (Å²) in [6.45, 7) is 2.35. The third-order valence-corrected chi connectivity index (χ3v) is 4.14. The zero-order chi connectivity index (χ0) is 14.3. The van der Waals surface area contributed by atoms with E-state index in [4.69, 9.17) is 5.11 Å². The molecule has 0 aliphatic heterocycles. The van der Waals surface area contributed by atoms with E-state index >= 15 is 0 Å². The molecule has 0 saturated heterocycles. The summed E-state index contributed by atoms with van der Waals surface area (Å²) in [4.78, 5) is 23.1. The van der Waals surface area contributed by atoms with Gasteiger partial charge in [-0.15, -0.1) is 11.3 Å². The van der Waals surface area contributed by atoms with E-state index in [2.05, 4.69) is 26.6 Å². The van der Waals surface area contributed by atoms with Gasteiger partial charge in [0.25, 0.3) is 0 Å². The van der Waals surface area contributed by atoms with Gasteiger partial charge in [0, 0.05) is 23.9 Å². The number of rotatable bonds is 7. The van der Waals surface area contributed by atoms with Gasteiger partial charge in [0.2, 0.25) is 0 Å². The number of nitrogens with one attached hydrogen (secondary N) is 2. The van der Waals surface area contributed by atoms with E-state index < -0.39 is 5.97 Å². The quantitative estimate of drug-likeness (QED) is 0.708. The molecule has 5 nitrogen and oxygen atoms in total. The molecular formula is C12H17BrN2O3S. The summed E-state index contributed by atoms with van der Waals surface area (Å²) in [7, 11) is 0. The number of hydrogen-bond acceptors (Lipinski definition) is 3. The minimum absolute atomic E-state index is 0.0602. The van der Waals surface area contributed by atoms with Gasteiger partial charge in [-0.25, -0.2) is 4.79 Å². The number of amides is 2. The molecule has 0 aliphatic rings. The Morgan fingerprint density at radius 1 is 1.47 bits per heavy atom. The smallest absolute Gasteiger partial charge is 0.315 e. The van der Waals surface area contributed by atoms with Gasteiger partial charge >= 0.3 is 12.0 Å². The van der Waals surface area contributed by atoms with Crippen LogP contribution in [0.2, 0.25) is 0 Å². The number of aliphatic carboxylic acids is 1. The number of thiophene rings is 1. The van der Waals surface area contributed by atoms with Crippen LogP contribution in [0.15, 0.2) is 15.9 Å². The maximum absolute atomic E-state index is 11.5. The van der Waals surface area contributed by atoms with Gasteiger partial charge in [-0.3, -0.25) is 4.79 Å². The third kappa shape index (κ3) is 7.17. The lowest BCUT2D eigenvalue weighted by Gasteiger charge is -2.13. The van der Waals surface area contributed by atoms with Gasteiger partial charge in [0.05, 0.1) is 3.79 Å². The summed E-state index contributed by atoms with van der Waals surface area (Å²) in [5.74, 6) is -0.850. The molecule has 1 aromatic rings. The van der Waals surface area contributed by atoms with Crippen molar-refractivity contribution >= 4 is 39.3 Å². The highest BCUT2D eigenvalue weighted by atomic mass is 79.9. The Labute approximate surface area is 124 Å². The van der Waals surface area contributed by atoms with E-state index in [1.165, 1.54) is 4.88 Å². The topological polar surface area (TPSA) is 78.4 Å². The Balaban J connectivity index is 2.15. The van der Waals surface area contributed by atoms with Crippen LogP contribution in [-0.4, -0.2) is 29.7 Å². The molecule has 1 aromatic heterocycles. The standard InChI is InChI=1S/C12H17BrN2O3S/c1-8(2-5-11(16)17)15-12(18)14-7-6-9-3-4-10(13)19-9/h3-4,8H,2,5-7H2,1H3,(H,16,17)(H2,14,15,18). The van der Waals surface area contributed by atoms with Crippen molar-refractivity contribution in [2.24, 2.45) is 0 Å². The molecular weight excluding hydrogens is 332 g/mol. The maximum Gasteiger partial charge on any atom is 0.315 e. The van der Waals surface area contributed by atoms with Crippen LogP contribution in [0.25, 0.3) is 0 Å². The van der Waals surface area contributed by atoms with Gasteiger partial charge in [-0.05, 0) is 47.8 Å². The summed E-state index contributed by atoms with van der Waals surface area (Å²) in [5, 5.41) is 14.0. The molecule has 0 fully saturated rings. The van der Waals surface area contributed by atoms with Crippen molar-refractivity contribution < 1.29 is 14.7 Å². The lowest BCUT2D eigenvalue weighted by molar-refractivity contribution is -0.137. The summed E-state index contributed by atoms with van der Waals surface area (Å²) in [6.07, 6.45) is 1.28. The van der Waals surface area contributed by atoms with E-state index in [9.17, 15) is 9.59 Å². The van der Waals surface area contributed by atoms with Crippen molar-refractivity contribution in [2.75, 3.05) is 6.54 Å². The predicted molar refractivity (Wildman–Crippen MR) is 78.6 cm³/mol. The molecule has 0 aliphatic carbocycles. The first-order chi connectivity index (χ1) is 8.97. The second-order valence-electron chi connectivity index (χ2n) is 4.19. The minimum atomic E-state index is -0.850. The Morgan fingerprint density at radius 2 is 2.21 bits per heavy atom. The fourth-order valence-electron chi connectivity index (χ4n) is 1.47. The van der Waals surface area contributed by atoms with E-state index in [0.717, 1.165) is 10.2 Å². The van der Waals surface area contributed by atoms with Crippen LogP contribution >= 0.6 is 27.3 Å². The molecule has 3 N–H and O–H groups in total. The van der Waals surface area contributed by atoms with Crippen molar-refractivity contribution in [3.63, 3.8) is 0 Å². The van der Waals surface area contributed by atoms with Crippen molar-refractivity contribution in [2.45, 2.75) is 32.2 Å². The molecule has 0 radical (unpaired) electrons. The Kier molecular flexibility index (Phi) is 6.86. The monoisotopic (exact) mass is 348 g/mol. The van der Waals surface area contributed by atoms with Gasteiger partial charge in [-0.2, -0.15) is 0 Å². The normalized spacial score (nSPS) is 11.9. The Bertz CT molecular complexity index is 436. The molecule has 0 aromatic carbocycles. The molecule has 0 spiro atoms. The first-order valence-electron chi connectivity index (χ1n) is 5.97. The van der Waals surface area contributed by atoms with Crippen LogP contribution in [0.1, 0.15) is 24.6 Å². The highest BCUT2D eigenvalue weighted by Crippen LogP contribution is 2.21.